The molecule has 0 fully saturated rings. The molecule has 44 valence electrons. The Kier molecular flexibility index (Phi) is 16.6. The molecule has 0 amide bonds. The van der Waals surface area contributed by atoms with E-state index in [0.29, 0.717) is 0 Å². The van der Waals surface area contributed by atoms with Gasteiger partial charge in [-0.2, -0.15) is 0 Å². The summed E-state index contributed by atoms with van der Waals surface area (Å²) in [5.74, 6) is 0. The fourth-order valence-corrected chi connectivity index (χ4v) is 0.638. The molecular weight excluding hydrogens is 223 g/mol. The minimum absolute atomic E-state index is 0. The molecule has 0 aliphatic rings. The van der Waals surface area contributed by atoms with Crippen LogP contribution in [-0.4, -0.2) is 21.7 Å². The van der Waals surface area contributed by atoms with Gasteiger partial charge in [-0.25, -0.2) is 0 Å². The molecule has 0 radical (unpaired) electrons. The van der Waals surface area contributed by atoms with E-state index in [0.717, 1.165) is 0 Å². The van der Waals surface area contributed by atoms with Crippen LogP contribution in [0.5, 0.6) is 0 Å². The molecule has 0 aromatic heterocycles. The number of rotatable bonds is 3. The Balaban J connectivity index is 0. The van der Waals surface area contributed by atoms with Gasteiger partial charge in [0.25, 0.3) is 0 Å². The van der Waals surface area contributed by atoms with E-state index in [-0.39, 0.29) is 24.0 Å². The molecule has 0 atom stereocenters. The van der Waals surface area contributed by atoms with Crippen LogP contribution in [-0.2, 0) is 0 Å². The van der Waals surface area contributed by atoms with E-state index in [4.69, 9.17) is 0 Å². The number of hydrogen-bond acceptors (Lipinski definition) is 0. The van der Waals surface area contributed by atoms with Crippen molar-refractivity contribution < 1.29 is 24.0 Å². The summed E-state index contributed by atoms with van der Waals surface area (Å²) >= 11 is 2.03. The van der Waals surface area contributed by atoms with Crippen LogP contribution in [0, 0.1) is 0 Å². The van der Waals surface area contributed by atoms with Gasteiger partial charge in [0.2, 0.25) is 0 Å². The normalized spacial score (nSPS) is 9.38. The Morgan fingerprint density at radius 2 is 2.00 bits per heavy atom. The van der Waals surface area contributed by atoms with Gasteiger partial charge in [-0.3, -0.25) is 0 Å². The molecule has 0 saturated carbocycles. The third-order valence-corrected chi connectivity index (χ3v) is 1.18. The van der Waals surface area contributed by atoms with Crippen molar-refractivity contribution in [3.05, 3.63) is 12.2 Å². The third kappa shape index (κ3) is 10.3. The predicted octanol–water partition coefficient (Wildman–Crippen LogP) is -1.07. The maximum atomic E-state index is 2.24. The molecule has 0 nitrogen and oxygen atoms in total. The zero-order valence-corrected chi connectivity index (χ0v) is 8.93. The molecule has 0 spiro atoms. The van der Waals surface area contributed by atoms with Crippen LogP contribution in [0.1, 0.15) is 19.8 Å². The van der Waals surface area contributed by atoms with Gasteiger partial charge in [-0.1, -0.05) is 0 Å². The van der Waals surface area contributed by atoms with Crippen molar-refractivity contribution in [2.45, 2.75) is 24.3 Å². The van der Waals surface area contributed by atoms with Gasteiger partial charge in [0.05, 0.1) is 0 Å². The molecule has 0 aromatic rings. The molecule has 0 rings (SSSR count). The van der Waals surface area contributed by atoms with E-state index in [2.05, 4.69) is 19.1 Å². The summed E-state index contributed by atoms with van der Waals surface area (Å²) in [6.45, 7) is 2.16. The van der Waals surface area contributed by atoms with E-state index in [1.807, 2.05) is 21.7 Å². The minimum atomic E-state index is 0. The fourth-order valence-electron chi connectivity index (χ4n) is 0.402. The zero-order valence-electron chi connectivity index (χ0n) is 5.36. The van der Waals surface area contributed by atoms with Crippen LogP contribution in [0.4, 0.5) is 0 Å². The second kappa shape index (κ2) is 11.1. The maximum Gasteiger partial charge on any atom is -1.00 e. The first-order valence-corrected chi connectivity index (χ1v) is 3.86. The fraction of sp³-hybridized carbons (Fsp3) is 0.667. The van der Waals surface area contributed by atoms with E-state index < -0.39 is 0 Å². The van der Waals surface area contributed by atoms with Gasteiger partial charge >= 0.3 is 58.2 Å². The summed E-state index contributed by atoms with van der Waals surface area (Å²) < 4.78 is 1.30. The van der Waals surface area contributed by atoms with Gasteiger partial charge < -0.3 is 24.0 Å². The SMILES string of the molecule is CC/C=C/C[CH2][Mg+].[I-]. The second-order valence-electron chi connectivity index (χ2n) is 1.52. The van der Waals surface area contributed by atoms with Crippen molar-refractivity contribution in [2.24, 2.45) is 0 Å². The molecule has 8 heavy (non-hydrogen) atoms. The second-order valence-corrected chi connectivity index (χ2v) is 2.23. The van der Waals surface area contributed by atoms with E-state index in [9.17, 15) is 0 Å². The predicted molar refractivity (Wildman–Crippen MR) is 34.6 cm³/mol. The average molecular weight is 234 g/mol. The Morgan fingerprint density at radius 1 is 1.38 bits per heavy atom. The molecule has 0 unspecified atom stereocenters. The number of halogens is 1. The molecule has 0 saturated heterocycles. The van der Waals surface area contributed by atoms with Crippen molar-refractivity contribution in [3.63, 3.8) is 0 Å². The van der Waals surface area contributed by atoms with Gasteiger partial charge in [0.15, 0.2) is 0 Å². The molecule has 0 heterocycles. The molecule has 0 aliphatic heterocycles. The summed E-state index contributed by atoms with van der Waals surface area (Å²) in [5.41, 5.74) is 0. The van der Waals surface area contributed by atoms with Crippen LogP contribution < -0.4 is 24.0 Å². The standard InChI is InChI=1S/C6H11.HI.Mg/c1-3-5-6-4-2;;/h5-6H,1,3-4H2,2H3;1H;/q;;+1/p-1/b6-5+;;. The Morgan fingerprint density at radius 3 is 2.38 bits per heavy atom. The average Bonchev–Trinajstić information content (AvgIpc) is 1.69. The first-order valence-electron chi connectivity index (χ1n) is 2.86. The topological polar surface area (TPSA) is 0 Å². The monoisotopic (exact) mass is 234 g/mol. The van der Waals surface area contributed by atoms with Crippen LogP contribution >= 0.6 is 0 Å². The van der Waals surface area contributed by atoms with Crippen molar-refractivity contribution >= 4 is 21.7 Å². The molecule has 2 heteroatoms. The Bertz CT molecular complexity index is 52.5. The molecule has 0 bridgehead atoms. The van der Waals surface area contributed by atoms with Crippen LogP contribution in [0.25, 0.3) is 0 Å². The van der Waals surface area contributed by atoms with Crippen molar-refractivity contribution in [1.29, 1.82) is 0 Å². The summed E-state index contributed by atoms with van der Waals surface area (Å²) in [6, 6.07) is 0. The number of allylic oxidation sites excluding steroid dienone is 2. The molecule has 0 aromatic carbocycles. The first-order chi connectivity index (χ1) is 3.41. The summed E-state index contributed by atoms with van der Waals surface area (Å²) in [5, 5.41) is 0. The van der Waals surface area contributed by atoms with E-state index in [1.54, 1.807) is 0 Å². The van der Waals surface area contributed by atoms with Gasteiger partial charge in [0.1, 0.15) is 0 Å². The third-order valence-electron chi connectivity index (χ3n) is 0.773. The van der Waals surface area contributed by atoms with Crippen molar-refractivity contribution in [3.8, 4) is 0 Å². The Hall–Kier alpha value is 1.24. The van der Waals surface area contributed by atoms with Crippen LogP contribution in [0.15, 0.2) is 12.2 Å². The van der Waals surface area contributed by atoms with Gasteiger partial charge in [-0.15, -0.1) is 0 Å². The van der Waals surface area contributed by atoms with E-state index >= 15 is 0 Å². The summed E-state index contributed by atoms with van der Waals surface area (Å²) in [6.07, 6.45) is 6.90. The van der Waals surface area contributed by atoms with Gasteiger partial charge in [0, 0.05) is 0 Å². The number of hydrogen-bond donors (Lipinski definition) is 0. The van der Waals surface area contributed by atoms with Gasteiger partial charge in [-0.05, 0) is 0 Å². The summed E-state index contributed by atoms with van der Waals surface area (Å²) in [4.78, 5) is 0. The van der Waals surface area contributed by atoms with Crippen molar-refractivity contribution in [2.75, 3.05) is 0 Å². The zero-order chi connectivity index (χ0) is 5.54. The largest absolute Gasteiger partial charge is 1.00 e. The van der Waals surface area contributed by atoms with E-state index in [1.165, 1.54) is 17.4 Å². The molecular formula is C6H11IMg. The molecule has 0 aliphatic carbocycles. The van der Waals surface area contributed by atoms with Crippen LogP contribution in [0.3, 0.4) is 0 Å². The van der Waals surface area contributed by atoms with Crippen molar-refractivity contribution in [1.82, 2.24) is 0 Å². The maximum absolute atomic E-state index is 2.24. The first kappa shape index (κ1) is 12.0. The van der Waals surface area contributed by atoms with Crippen LogP contribution in [0.2, 0.25) is 4.55 Å². The summed E-state index contributed by atoms with van der Waals surface area (Å²) in [7, 11) is 0. The molecule has 0 N–H and O–H groups in total. The smallest absolute Gasteiger partial charge is 1.00 e. The quantitative estimate of drug-likeness (QED) is 0.331. The minimum Gasteiger partial charge on any atom is -1.00 e. The Labute approximate surface area is 81.6 Å².